The largest absolute Gasteiger partial charge is 0.388 e. The Balaban J connectivity index is 1.72. The van der Waals surface area contributed by atoms with Crippen LogP contribution in [-0.2, 0) is 12.8 Å². The molecule has 3 rings (SSSR count). The van der Waals surface area contributed by atoms with Crippen molar-refractivity contribution >= 4 is 5.69 Å². The minimum Gasteiger partial charge on any atom is -0.388 e. The molecule has 2 heteroatoms. The Morgan fingerprint density at radius 2 is 1.83 bits per heavy atom. The first-order valence-electron chi connectivity index (χ1n) is 7.34. The fraction of sp³-hybridized carbons (Fsp3) is 0.625. The molecule has 2 nitrogen and oxygen atoms in total. The van der Waals surface area contributed by atoms with Crippen molar-refractivity contribution in [2.24, 2.45) is 0 Å². The second-order valence-corrected chi connectivity index (χ2v) is 5.94. The van der Waals surface area contributed by atoms with Gasteiger partial charge in [-0.3, -0.25) is 0 Å². The lowest BCUT2D eigenvalue weighted by atomic mass is 9.90. The molecule has 1 aromatic rings. The topological polar surface area (TPSA) is 32.3 Å². The summed E-state index contributed by atoms with van der Waals surface area (Å²) in [6.07, 6.45) is 9.28. The summed E-state index contributed by atoms with van der Waals surface area (Å²) in [5.74, 6) is 0. The Labute approximate surface area is 109 Å². The number of hydrogen-bond donors (Lipinski definition) is 2. The molecule has 0 bridgehead atoms. The lowest BCUT2D eigenvalue weighted by Gasteiger charge is -2.26. The highest BCUT2D eigenvalue weighted by molar-refractivity contribution is 5.55. The number of hydrogen-bond acceptors (Lipinski definition) is 2. The Morgan fingerprint density at radius 1 is 1.06 bits per heavy atom. The zero-order chi connectivity index (χ0) is 12.4. The molecule has 0 aromatic heterocycles. The van der Waals surface area contributed by atoms with E-state index in [-0.39, 0.29) is 0 Å². The normalized spacial score (nSPS) is 21.6. The van der Waals surface area contributed by atoms with Crippen molar-refractivity contribution in [1.29, 1.82) is 0 Å². The first kappa shape index (κ1) is 12.0. The number of rotatable bonds is 3. The summed E-state index contributed by atoms with van der Waals surface area (Å²) < 4.78 is 0. The Hall–Kier alpha value is -1.02. The average Bonchev–Trinajstić information content (AvgIpc) is 2.84. The standard InChI is InChI=1S/C16H23NO/c18-16(10-3-4-11-16)12-17-15-9-5-7-13-6-1-2-8-14(13)15/h5,7,9,17-18H,1-4,6,8,10-12H2. The average molecular weight is 245 g/mol. The Morgan fingerprint density at radius 3 is 2.67 bits per heavy atom. The van der Waals surface area contributed by atoms with Gasteiger partial charge < -0.3 is 10.4 Å². The fourth-order valence-electron chi connectivity index (χ4n) is 3.42. The second-order valence-electron chi connectivity index (χ2n) is 5.94. The van der Waals surface area contributed by atoms with Crippen LogP contribution < -0.4 is 5.32 Å². The molecule has 0 unspecified atom stereocenters. The summed E-state index contributed by atoms with van der Waals surface area (Å²) in [5.41, 5.74) is 3.79. The minimum atomic E-state index is -0.461. The van der Waals surface area contributed by atoms with E-state index < -0.39 is 5.60 Å². The monoisotopic (exact) mass is 245 g/mol. The van der Waals surface area contributed by atoms with E-state index in [4.69, 9.17) is 0 Å². The Kier molecular flexibility index (Phi) is 3.29. The molecule has 1 aromatic carbocycles. The van der Waals surface area contributed by atoms with Gasteiger partial charge in [0.15, 0.2) is 0 Å². The molecule has 0 radical (unpaired) electrons. The van der Waals surface area contributed by atoms with Crippen LogP contribution in [0.3, 0.4) is 0 Å². The van der Waals surface area contributed by atoms with Gasteiger partial charge in [0.2, 0.25) is 0 Å². The number of fused-ring (bicyclic) bond motifs is 1. The molecule has 2 aliphatic carbocycles. The maximum absolute atomic E-state index is 10.4. The lowest BCUT2D eigenvalue weighted by Crippen LogP contribution is -2.33. The van der Waals surface area contributed by atoms with Crippen molar-refractivity contribution in [2.45, 2.75) is 57.0 Å². The van der Waals surface area contributed by atoms with Crippen molar-refractivity contribution < 1.29 is 5.11 Å². The number of aryl methyl sites for hydroxylation is 1. The van der Waals surface area contributed by atoms with Gasteiger partial charge in [0.1, 0.15) is 0 Å². The molecule has 0 atom stereocenters. The highest BCUT2D eigenvalue weighted by atomic mass is 16.3. The molecule has 0 amide bonds. The summed E-state index contributed by atoms with van der Waals surface area (Å²) in [5, 5.41) is 13.9. The van der Waals surface area contributed by atoms with Crippen LogP contribution in [0.2, 0.25) is 0 Å². The molecule has 0 spiro atoms. The van der Waals surface area contributed by atoms with Gasteiger partial charge in [-0.2, -0.15) is 0 Å². The van der Waals surface area contributed by atoms with E-state index in [1.165, 1.54) is 55.3 Å². The summed E-state index contributed by atoms with van der Waals surface area (Å²) in [6.45, 7) is 0.712. The second kappa shape index (κ2) is 4.93. The molecule has 18 heavy (non-hydrogen) atoms. The number of aliphatic hydroxyl groups is 1. The molecule has 98 valence electrons. The van der Waals surface area contributed by atoms with Crippen LogP contribution in [0.4, 0.5) is 5.69 Å². The van der Waals surface area contributed by atoms with E-state index in [2.05, 4.69) is 23.5 Å². The van der Waals surface area contributed by atoms with Gasteiger partial charge in [-0.15, -0.1) is 0 Å². The third kappa shape index (κ3) is 2.39. The third-order valence-corrected chi connectivity index (χ3v) is 4.54. The van der Waals surface area contributed by atoms with Crippen molar-refractivity contribution in [3.63, 3.8) is 0 Å². The van der Waals surface area contributed by atoms with Gasteiger partial charge in [-0.1, -0.05) is 25.0 Å². The smallest absolute Gasteiger partial charge is 0.0819 e. The summed E-state index contributed by atoms with van der Waals surface area (Å²) in [6, 6.07) is 6.57. The molecule has 1 fully saturated rings. The van der Waals surface area contributed by atoms with Gasteiger partial charge in [0, 0.05) is 12.2 Å². The van der Waals surface area contributed by atoms with Gasteiger partial charge >= 0.3 is 0 Å². The lowest BCUT2D eigenvalue weighted by molar-refractivity contribution is 0.0614. The summed E-state index contributed by atoms with van der Waals surface area (Å²) in [7, 11) is 0. The van der Waals surface area contributed by atoms with Crippen LogP contribution in [0.1, 0.15) is 49.7 Å². The maximum atomic E-state index is 10.4. The minimum absolute atomic E-state index is 0.461. The van der Waals surface area contributed by atoms with Gasteiger partial charge in [0.05, 0.1) is 5.60 Å². The van der Waals surface area contributed by atoms with Crippen LogP contribution >= 0.6 is 0 Å². The number of nitrogens with one attached hydrogen (secondary N) is 1. The first-order valence-corrected chi connectivity index (χ1v) is 7.34. The SMILES string of the molecule is OC1(CNc2cccc3c2CCCC3)CCCC1. The van der Waals surface area contributed by atoms with Crippen molar-refractivity contribution in [1.82, 2.24) is 0 Å². The van der Waals surface area contributed by atoms with Crippen molar-refractivity contribution in [2.75, 3.05) is 11.9 Å². The third-order valence-electron chi connectivity index (χ3n) is 4.54. The molecule has 2 aliphatic rings. The molecular formula is C16H23NO. The predicted molar refractivity (Wildman–Crippen MR) is 75.0 cm³/mol. The van der Waals surface area contributed by atoms with E-state index in [9.17, 15) is 5.11 Å². The maximum Gasteiger partial charge on any atom is 0.0819 e. The van der Waals surface area contributed by atoms with Gasteiger partial charge in [0.25, 0.3) is 0 Å². The zero-order valence-electron chi connectivity index (χ0n) is 11.0. The van der Waals surface area contributed by atoms with Gasteiger partial charge in [-0.25, -0.2) is 0 Å². The van der Waals surface area contributed by atoms with E-state index in [1.54, 1.807) is 0 Å². The van der Waals surface area contributed by atoms with Crippen LogP contribution in [0.5, 0.6) is 0 Å². The van der Waals surface area contributed by atoms with Crippen LogP contribution in [-0.4, -0.2) is 17.3 Å². The Bertz CT molecular complexity index is 421. The fourth-order valence-corrected chi connectivity index (χ4v) is 3.42. The summed E-state index contributed by atoms with van der Waals surface area (Å²) >= 11 is 0. The molecule has 1 saturated carbocycles. The zero-order valence-corrected chi connectivity index (χ0v) is 11.0. The molecular weight excluding hydrogens is 222 g/mol. The highest BCUT2D eigenvalue weighted by Crippen LogP contribution is 2.32. The van der Waals surface area contributed by atoms with Crippen molar-refractivity contribution in [3.8, 4) is 0 Å². The molecule has 0 saturated heterocycles. The van der Waals surface area contributed by atoms with Crippen LogP contribution in [0.15, 0.2) is 18.2 Å². The van der Waals surface area contributed by atoms with Gasteiger partial charge in [-0.05, 0) is 55.7 Å². The molecule has 2 N–H and O–H groups in total. The van der Waals surface area contributed by atoms with E-state index >= 15 is 0 Å². The summed E-state index contributed by atoms with van der Waals surface area (Å²) in [4.78, 5) is 0. The number of benzene rings is 1. The highest BCUT2D eigenvalue weighted by Gasteiger charge is 2.30. The van der Waals surface area contributed by atoms with E-state index in [0.717, 1.165) is 12.8 Å². The molecule has 0 aliphatic heterocycles. The van der Waals surface area contributed by atoms with Crippen LogP contribution in [0.25, 0.3) is 0 Å². The first-order chi connectivity index (χ1) is 8.77. The van der Waals surface area contributed by atoms with Crippen molar-refractivity contribution in [3.05, 3.63) is 29.3 Å². The van der Waals surface area contributed by atoms with E-state index in [1.807, 2.05) is 0 Å². The predicted octanol–water partition coefficient (Wildman–Crippen LogP) is 3.28. The van der Waals surface area contributed by atoms with E-state index in [0.29, 0.717) is 6.54 Å². The number of anilines is 1. The molecule has 0 heterocycles. The quantitative estimate of drug-likeness (QED) is 0.856. The van der Waals surface area contributed by atoms with Crippen LogP contribution in [0, 0.1) is 0 Å².